The highest BCUT2D eigenvalue weighted by atomic mass is 32.2. The molecule has 0 aromatic heterocycles. The van der Waals surface area contributed by atoms with Crippen molar-refractivity contribution in [1.29, 1.82) is 0 Å². The number of hydrogen-bond acceptors (Lipinski definition) is 7. The van der Waals surface area contributed by atoms with Gasteiger partial charge in [-0.05, 0) is 44.9 Å². The normalized spacial score (nSPS) is 18.2. The Balaban J connectivity index is 1.86. The third-order valence-electron chi connectivity index (χ3n) is 6.48. The molecule has 0 aliphatic carbocycles. The van der Waals surface area contributed by atoms with Crippen LogP contribution in [0.5, 0.6) is 5.75 Å². The lowest BCUT2D eigenvalue weighted by molar-refractivity contribution is -0.147. The summed E-state index contributed by atoms with van der Waals surface area (Å²) in [5, 5.41) is 26.9. The number of phenols is 1. The van der Waals surface area contributed by atoms with E-state index in [0.29, 0.717) is 18.7 Å². The van der Waals surface area contributed by atoms with Gasteiger partial charge in [-0.1, -0.05) is 36.4 Å². The predicted molar refractivity (Wildman–Crippen MR) is 142 cm³/mol. The summed E-state index contributed by atoms with van der Waals surface area (Å²) in [5.74, 6) is -1.29. The van der Waals surface area contributed by atoms with Crippen molar-refractivity contribution >= 4 is 29.5 Å². The molecule has 0 bridgehead atoms. The van der Waals surface area contributed by atoms with Crippen LogP contribution in [-0.2, 0) is 20.7 Å². The maximum Gasteiger partial charge on any atom is 0.254 e. The first kappa shape index (κ1) is 28.5. The number of nitrogens with zero attached hydrogens (tertiary/aromatic N) is 1. The number of thioether (sulfide) groups is 1. The van der Waals surface area contributed by atoms with Crippen molar-refractivity contribution in [2.75, 3.05) is 26.1 Å². The number of aromatic hydroxyl groups is 1. The van der Waals surface area contributed by atoms with E-state index in [0.717, 1.165) is 5.56 Å². The van der Waals surface area contributed by atoms with Gasteiger partial charge in [0.05, 0.1) is 18.5 Å². The monoisotopic (exact) mass is 529 g/mol. The van der Waals surface area contributed by atoms with Crippen molar-refractivity contribution in [3.8, 4) is 5.75 Å². The molecule has 2 aromatic rings. The van der Waals surface area contributed by atoms with Crippen molar-refractivity contribution in [2.24, 2.45) is 0 Å². The summed E-state index contributed by atoms with van der Waals surface area (Å²) < 4.78 is 4.42. The maximum absolute atomic E-state index is 13.6. The zero-order valence-electron chi connectivity index (χ0n) is 21.6. The zero-order valence-corrected chi connectivity index (χ0v) is 22.4. The van der Waals surface area contributed by atoms with Gasteiger partial charge in [-0.2, -0.15) is 0 Å². The summed E-state index contributed by atoms with van der Waals surface area (Å²) in [4.78, 5) is 41.2. The molecule has 0 radical (unpaired) electrons. The average Bonchev–Trinajstić information content (AvgIpc) is 3.19. The van der Waals surface area contributed by atoms with Gasteiger partial charge in [-0.25, -0.2) is 0 Å². The number of carbonyl (C=O) groups is 3. The Labute approximate surface area is 221 Å². The minimum atomic E-state index is -1.61. The van der Waals surface area contributed by atoms with E-state index >= 15 is 0 Å². The van der Waals surface area contributed by atoms with E-state index in [-0.39, 0.29) is 29.5 Å². The fraction of sp³-hybridized carbons (Fsp3) is 0.444. The number of carbonyl (C=O) groups excluding carboxylic acids is 3. The Morgan fingerprint density at radius 2 is 1.86 bits per heavy atom. The zero-order chi connectivity index (χ0) is 27.2. The van der Waals surface area contributed by atoms with Crippen LogP contribution < -0.4 is 10.6 Å². The van der Waals surface area contributed by atoms with Crippen LogP contribution in [0.4, 0.5) is 0 Å². The number of ether oxygens (including phenoxy) is 1. The highest BCUT2D eigenvalue weighted by Crippen LogP contribution is 2.39. The van der Waals surface area contributed by atoms with Crippen LogP contribution in [-0.4, -0.2) is 81.9 Å². The van der Waals surface area contributed by atoms with E-state index < -0.39 is 34.7 Å². The van der Waals surface area contributed by atoms with Gasteiger partial charge in [-0.3, -0.25) is 14.4 Å². The van der Waals surface area contributed by atoms with E-state index in [9.17, 15) is 24.6 Å². The lowest BCUT2D eigenvalue weighted by Gasteiger charge is -2.33. The second-order valence-corrected chi connectivity index (χ2v) is 11.1. The first-order chi connectivity index (χ1) is 17.6. The van der Waals surface area contributed by atoms with Gasteiger partial charge >= 0.3 is 0 Å². The van der Waals surface area contributed by atoms with E-state index in [1.165, 1.54) is 29.8 Å². The molecule has 2 aromatic carbocycles. The molecule has 10 heteroatoms. The summed E-state index contributed by atoms with van der Waals surface area (Å²) in [6.07, 6.45) is -1.42. The Morgan fingerprint density at radius 3 is 2.54 bits per heavy atom. The first-order valence-corrected chi connectivity index (χ1v) is 13.1. The quantitative estimate of drug-likeness (QED) is 0.346. The molecule has 9 nitrogen and oxygen atoms in total. The van der Waals surface area contributed by atoms with Crippen LogP contribution in [0.25, 0.3) is 0 Å². The topological polar surface area (TPSA) is 128 Å². The average molecular weight is 530 g/mol. The fourth-order valence-electron chi connectivity index (χ4n) is 4.35. The van der Waals surface area contributed by atoms with E-state index in [1.807, 2.05) is 44.2 Å². The van der Waals surface area contributed by atoms with Crippen LogP contribution in [0.3, 0.4) is 0 Å². The molecule has 0 unspecified atom stereocenters. The van der Waals surface area contributed by atoms with Gasteiger partial charge in [0.2, 0.25) is 5.91 Å². The Hall–Kier alpha value is -3.08. The molecular weight excluding hydrogens is 494 g/mol. The van der Waals surface area contributed by atoms with Gasteiger partial charge in [0, 0.05) is 29.5 Å². The number of rotatable bonds is 10. The number of amides is 3. The second kappa shape index (κ2) is 12.4. The van der Waals surface area contributed by atoms with Crippen molar-refractivity contribution in [2.45, 2.75) is 50.1 Å². The molecule has 1 heterocycles. The smallest absolute Gasteiger partial charge is 0.254 e. The fourth-order valence-corrected chi connectivity index (χ4v) is 5.49. The molecule has 37 heavy (non-hydrogen) atoms. The second-order valence-electron chi connectivity index (χ2n) is 9.54. The maximum atomic E-state index is 13.6. The van der Waals surface area contributed by atoms with Crippen molar-refractivity contribution in [3.63, 3.8) is 0 Å². The highest BCUT2D eigenvalue weighted by molar-refractivity contribution is 8.00. The lowest BCUT2D eigenvalue weighted by Crippen LogP contribution is -2.59. The summed E-state index contributed by atoms with van der Waals surface area (Å²) >= 11 is 1.45. The summed E-state index contributed by atoms with van der Waals surface area (Å²) in [6.45, 7) is 6.02. The van der Waals surface area contributed by atoms with Crippen molar-refractivity contribution < 1.29 is 29.3 Å². The third-order valence-corrected chi connectivity index (χ3v) is 7.86. The molecule has 1 aliphatic heterocycles. The van der Waals surface area contributed by atoms with Gasteiger partial charge in [0.25, 0.3) is 11.8 Å². The van der Waals surface area contributed by atoms with Crippen LogP contribution in [0.15, 0.2) is 48.5 Å². The van der Waals surface area contributed by atoms with Crippen molar-refractivity contribution in [3.05, 3.63) is 65.2 Å². The number of hydrogen-bond donors (Lipinski definition) is 4. The van der Waals surface area contributed by atoms with Gasteiger partial charge < -0.3 is 30.5 Å². The summed E-state index contributed by atoms with van der Waals surface area (Å²) in [5.41, 5.74) is 1.45. The van der Waals surface area contributed by atoms with Crippen LogP contribution in [0.1, 0.15) is 35.3 Å². The molecule has 0 saturated carbocycles. The van der Waals surface area contributed by atoms with Crippen LogP contribution >= 0.6 is 11.8 Å². The number of aliphatic hydroxyl groups is 1. The first-order valence-electron chi connectivity index (χ1n) is 12.1. The van der Waals surface area contributed by atoms with Gasteiger partial charge in [-0.15, -0.1) is 11.8 Å². The van der Waals surface area contributed by atoms with E-state index in [4.69, 9.17) is 4.74 Å². The summed E-state index contributed by atoms with van der Waals surface area (Å²) in [6, 6.07) is 12.0. The number of benzene rings is 2. The highest BCUT2D eigenvalue weighted by Gasteiger charge is 2.49. The largest absolute Gasteiger partial charge is 0.508 e. The Bertz CT molecular complexity index is 1110. The standard InChI is InChI=1S/C27H35N3O6S/c1-17-19(11-8-12-21(17)31)24(33)29-20(15-18-9-6-5-7-10-18)22(32)26(35)30-16-37-27(2,3)23(30)25(34)28-13-14-36-4/h5-12,20,22-23,31-32H,13-16H2,1-4H3,(H,28,34)(H,29,33)/t20-,22-,23+/m0/s1. The number of phenolic OH excluding ortho intramolecular Hbond substituents is 1. The van der Waals surface area contributed by atoms with E-state index in [2.05, 4.69) is 10.6 Å². The van der Waals surface area contributed by atoms with E-state index in [1.54, 1.807) is 19.1 Å². The van der Waals surface area contributed by atoms with Gasteiger partial charge in [0.1, 0.15) is 11.8 Å². The molecule has 1 fully saturated rings. The van der Waals surface area contributed by atoms with Crippen molar-refractivity contribution in [1.82, 2.24) is 15.5 Å². The SMILES string of the molecule is COCCNC(=O)[C@H]1N(C(=O)[C@@H](O)[C@H](Cc2ccccc2)NC(=O)c2cccc(O)c2C)CSC1(C)C. The Morgan fingerprint density at radius 1 is 1.16 bits per heavy atom. The minimum Gasteiger partial charge on any atom is -0.508 e. The molecule has 3 atom stereocenters. The molecule has 4 N–H and O–H groups in total. The minimum absolute atomic E-state index is 0.0254. The molecule has 3 rings (SSSR count). The summed E-state index contributed by atoms with van der Waals surface area (Å²) in [7, 11) is 1.53. The molecule has 1 aliphatic rings. The Kier molecular flexibility index (Phi) is 9.58. The number of methoxy groups -OCH3 is 1. The molecule has 1 saturated heterocycles. The number of aliphatic hydroxyl groups excluding tert-OH is 1. The lowest BCUT2D eigenvalue weighted by atomic mass is 9.96. The van der Waals surface area contributed by atoms with Crippen LogP contribution in [0, 0.1) is 6.92 Å². The molecule has 0 spiro atoms. The third kappa shape index (κ3) is 6.82. The molecule has 3 amide bonds. The molecular formula is C27H35N3O6S. The number of nitrogens with one attached hydrogen (secondary N) is 2. The molecule has 200 valence electrons. The van der Waals surface area contributed by atoms with Crippen LogP contribution in [0.2, 0.25) is 0 Å². The van der Waals surface area contributed by atoms with Gasteiger partial charge in [0.15, 0.2) is 6.10 Å². The predicted octanol–water partition coefficient (Wildman–Crippen LogP) is 1.85.